The number of hydrogen-bond donors (Lipinski definition) is 1. The minimum atomic E-state index is -0.0267. The molecule has 4 heteroatoms. The predicted molar refractivity (Wildman–Crippen MR) is 85.5 cm³/mol. The van der Waals surface area contributed by atoms with E-state index in [2.05, 4.69) is 5.32 Å². The van der Waals surface area contributed by atoms with Crippen LogP contribution in [0.25, 0.3) is 0 Å². The molecule has 0 radical (unpaired) electrons. The average Bonchev–Trinajstić information content (AvgIpc) is 2.73. The third kappa shape index (κ3) is 4.06. The Morgan fingerprint density at radius 3 is 2.57 bits per heavy atom. The number of nitrogens with one attached hydrogen (secondary N) is 1. The number of rotatable bonds is 3. The van der Waals surface area contributed by atoms with Crippen LogP contribution in [0.1, 0.15) is 45.6 Å². The monoisotopic (exact) mass is 288 g/mol. The molecule has 0 aromatic heterocycles. The average molecular weight is 288 g/mol. The molecule has 1 N–H and O–H groups in total. The second kappa shape index (κ2) is 5.88. The van der Waals surface area contributed by atoms with Crippen LogP contribution in [0, 0.1) is 12.3 Å². The summed E-state index contributed by atoms with van der Waals surface area (Å²) in [5, 5.41) is 2.93. The Bertz CT molecular complexity index is 558. The van der Waals surface area contributed by atoms with Gasteiger partial charge in [-0.15, -0.1) is 0 Å². The van der Waals surface area contributed by atoms with Crippen molar-refractivity contribution in [2.45, 2.75) is 47.0 Å². The summed E-state index contributed by atoms with van der Waals surface area (Å²) in [5.41, 5.74) is 2.73. The number of carbonyl (C=O) groups is 2. The first kappa shape index (κ1) is 15.5. The van der Waals surface area contributed by atoms with Crippen molar-refractivity contribution in [3.63, 3.8) is 0 Å². The van der Waals surface area contributed by atoms with E-state index in [0.29, 0.717) is 12.8 Å². The normalized spacial score (nSPS) is 15.4. The number of carbonyl (C=O) groups excluding carboxylic acids is 2. The lowest BCUT2D eigenvalue weighted by Gasteiger charge is -2.20. The van der Waals surface area contributed by atoms with Crippen LogP contribution in [0.2, 0.25) is 0 Å². The van der Waals surface area contributed by atoms with Gasteiger partial charge in [0.05, 0.1) is 0 Å². The maximum absolute atomic E-state index is 12.0. The van der Waals surface area contributed by atoms with Crippen LogP contribution >= 0.6 is 0 Å². The van der Waals surface area contributed by atoms with Crippen molar-refractivity contribution in [1.29, 1.82) is 0 Å². The molecule has 0 unspecified atom stereocenters. The number of benzene rings is 1. The first-order valence-corrected chi connectivity index (χ1v) is 7.47. The van der Waals surface area contributed by atoms with Crippen LogP contribution in [0.5, 0.6) is 0 Å². The van der Waals surface area contributed by atoms with E-state index >= 15 is 0 Å². The number of nitrogens with zero attached hydrogens (tertiary/aromatic N) is 1. The lowest BCUT2D eigenvalue weighted by atomic mass is 9.92. The topological polar surface area (TPSA) is 49.4 Å². The first-order chi connectivity index (χ1) is 9.76. The molecule has 1 saturated heterocycles. The molecule has 1 aliphatic rings. The van der Waals surface area contributed by atoms with Crippen LogP contribution in [0.3, 0.4) is 0 Å². The summed E-state index contributed by atoms with van der Waals surface area (Å²) in [6.07, 6.45) is 2.03. The van der Waals surface area contributed by atoms with Crippen molar-refractivity contribution < 1.29 is 9.59 Å². The van der Waals surface area contributed by atoms with Crippen molar-refractivity contribution in [2.24, 2.45) is 5.41 Å². The quantitative estimate of drug-likeness (QED) is 0.925. The van der Waals surface area contributed by atoms with Gasteiger partial charge in [-0.3, -0.25) is 9.59 Å². The summed E-state index contributed by atoms with van der Waals surface area (Å²) in [5.74, 6) is 0.203. The van der Waals surface area contributed by atoms with Gasteiger partial charge in [0, 0.05) is 30.8 Å². The van der Waals surface area contributed by atoms with E-state index in [0.717, 1.165) is 29.9 Å². The van der Waals surface area contributed by atoms with Crippen molar-refractivity contribution in [3.8, 4) is 0 Å². The first-order valence-electron chi connectivity index (χ1n) is 7.47. The van der Waals surface area contributed by atoms with Gasteiger partial charge in [-0.25, -0.2) is 0 Å². The fourth-order valence-corrected chi connectivity index (χ4v) is 2.63. The SMILES string of the molecule is Cc1cc(NC(=O)CC(C)(C)C)ccc1N1CCCC1=O. The summed E-state index contributed by atoms with van der Waals surface area (Å²) < 4.78 is 0. The maximum Gasteiger partial charge on any atom is 0.227 e. The van der Waals surface area contributed by atoms with Gasteiger partial charge in [0.2, 0.25) is 11.8 Å². The fraction of sp³-hybridized carbons (Fsp3) is 0.529. The molecule has 1 aromatic carbocycles. The van der Waals surface area contributed by atoms with E-state index < -0.39 is 0 Å². The van der Waals surface area contributed by atoms with E-state index in [-0.39, 0.29) is 17.2 Å². The Morgan fingerprint density at radius 1 is 1.33 bits per heavy atom. The van der Waals surface area contributed by atoms with Crippen molar-refractivity contribution in [3.05, 3.63) is 23.8 Å². The molecule has 1 aliphatic heterocycles. The van der Waals surface area contributed by atoms with E-state index in [1.807, 2.05) is 50.8 Å². The highest BCUT2D eigenvalue weighted by Crippen LogP contribution is 2.28. The summed E-state index contributed by atoms with van der Waals surface area (Å²) in [4.78, 5) is 25.6. The minimum absolute atomic E-state index is 0.0203. The standard InChI is InChI=1S/C17H24N2O2/c1-12-10-13(18-15(20)11-17(2,3)4)7-8-14(12)19-9-5-6-16(19)21/h7-8,10H,5-6,9,11H2,1-4H3,(H,18,20). The largest absolute Gasteiger partial charge is 0.326 e. The molecule has 114 valence electrons. The van der Waals surface area contributed by atoms with Crippen LogP contribution in [-0.4, -0.2) is 18.4 Å². The van der Waals surface area contributed by atoms with Crippen molar-refractivity contribution >= 4 is 23.2 Å². The van der Waals surface area contributed by atoms with Crippen LogP contribution in [0.4, 0.5) is 11.4 Å². The van der Waals surface area contributed by atoms with E-state index in [9.17, 15) is 9.59 Å². The summed E-state index contributed by atoms with van der Waals surface area (Å²) in [7, 11) is 0. The van der Waals surface area contributed by atoms with Crippen LogP contribution in [0.15, 0.2) is 18.2 Å². The van der Waals surface area contributed by atoms with Crippen molar-refractivity contribution in [1.82, 2.24) is 0 Å². The maximum atomic E-state index is 12.0. The number of anilines is 2. The van der Waals surface area contributed by atoms with Gasteiger partial charge in [-0.2, -0.15) is 0 Å². The highest BCUT2D eigenvalue weighted by molar-refractivity contribution is 5.97. The zero-order valence-corrected chi connectivity index (χ0v) is 13.3. The molecular formula is C17H24N2O2. The predicted octanol–water partition coefficient (Wildman–Crippen LogP) is 3.50. The zero-order chi connectivity index (χ0) is 15.6. The fourth-order valence-electron chi connectivity index (χ4n) is 2.63. The van der Waals surface area contributed by atoms with E-state index in [1.165, 1.54) is 0 Å². The summed E-state index contributed by atoms with van der Waals surface area (Å²) in [6.45, 7) is 8.88. The Labute approximate surface area is 126 Å². The Hall–Kier alpha value is -1.84. The van der Waals surface area contributed by atoms with Gasteiger partial charge in [0.15, 0.2) is 0 Å². The van der Waals surface area contributed by atoms with Crippen LogP contribution < -0.4 is 10.2 Å². The Balaban J connectivity index is 2.09. The Morgan fingerprint density at radius 2 is 2.05 bits per heavy atom. The van der Waals surface area contributed by atoms with Gasteiger partial charge < -0.3 is 10.2 Å². The van der Waals surface area contributed by atoms with E-state index in [1.54, 1.807) is 0 Å². The molecule has 1 aromatic rings. The van der Waals surface area contributed by atoms with Crippen molar-refractivity contribution in [2.75, 3.05) is 16.8 Å². The lowest BCUT2D eigenvalue weighted by molar-refractivity contribution is -0.118. The lowest BCUT2D eigenvalue weighted by Crippen LogP contribution is -2.24. The molecule has 2 amide bonds. The molecule has 1 heterocycles. The number of aryl methyl sites for hydroxylation is 1. The molecular weight excluding hydrogens is 264 g/mol. The van der Waals surface area contributed by atoms with E-state index in [4.69, 9.17) is 0 Å². The van der Waals surface area contributed by atoms with Crippen LogP contribution in [-0.2, 0) is 9.59 Å². The molecule has 0 bridgehead atoms. The Kier molecular flexibility index (Phi) is 4.35. The highest BCUT2D eigenvalue weighted by Gasteiger charge is 2.23. The molecule has 0 spiro atoms. The molecule has 0 aliphatic carbocycles. The van der Waals surface area contributed by atoms with Gasteiger partial charge in [-0.1, -0.05) is 20.8 Å². The van der Waals surface area contributed by atoms with Gasteiger partial charge >= 0.3 is 0 Å². The second-order valence-corrected chi connectivity index (χ2v) is 6.94. The molecule has 1 fully saturated rings. The zero-order valence-electron chi connectivity index (χ0n) is 13.3. The summed E-state index contributed by atoms with van der Waals surface area (Å²) in [6, 6.07) is 5.72. The number of hydrogen-bond acceptors (Lipinski definition) is 2. The molecule has 21 heavy (non-hydrogen) atoms. The second-order valence-electron chi connectivity index (χ2n) is 6.94. The molecule has 0 saturated carbocycles. The smallest absolute Gasteiger partial charge is 0.227 e. The highest BCUT2D eigenvalue weighted by atomic mass is 16.2. The third-order valence-corrected chi connectivity index (χ3v) is 3.54. The number of amides is 2. The minimum Gasteiger partial charge on any atom is -0.326 e. The molecule has 4 nitrogen and oxygen atoms in total. The van der Waals surface area contributed by atoms with Gasteiger partial charge in [0.1, 0.15) is 0 Å². The molecule has 0 atom stereocenters. The van der Waals surface area contributed by atoms with Gasteiger partial charge in [-0.05, 0) is 42.5 Å². The summed E-state index contributed by atoms with van der Waals surface area (Å²) >= 11 is 0. The van der Waals surface area contributed by atoms with Gasteiger partial charge in [0.25, 0.3) is 0 Å². The molecule has 2 rings (SSSR count). The third-order valence-electron chi connectivity index (χ3n) is 3.54.